The average Bonchev–Trinajstić information content (AvgIpc) is 2.43. The lowest BCUT2D eigenvalue weighted by molar-refractivity contribution is -0.153. The van der Waals surface area contributed by atoms with Crippen molar-refractivity contribution >= 4 is 28.1 Å². The van der Waals surface area contributed by atoms with Gasteiger partial charge in [-0.3, -0.25) is 0 Å². The van der Waals surface area contributed by atoms with Crippen molar-refractivity contribution in [2.45, 2.75) is 13.1 Å². The number of hydrogen-bond donors (Lipinski definition) is 0. The van der Waals surface area contributed by atoms with E-state index in [1.54, 1.807) is 6.92 Å². The highest BCUT2D eigenvalue weighted by Gasteiger charge is 2.29. The van der Waals surface area contributed by atoms with Crippen molar-refractivity contribution in [1.29, 1.82) is 0 Å². The van der Waals surface area contributed by atoms with E-state index in [9.17, 15) is 13.2 Å². The predicted molar refractivity (Wildman–Crippen MR) is 76.8 cm³/mol. The molecule has 118 valence electrons. The van der Waals surface area contributed by atoms with E-state index in [0.29, 0.717) is 28.7 Å². The quantitative estimate of drug-likeness (QED) is 0.607. The minimum Gasteiger partial charge on any atom is -0.494 e. The summed E-state index contributed by atoms with van der Waals surface area (Å²) in [6, 6.07) is 1.50. The lowest BCUT2D eigenvalue weighted by atomic mass is 10.1. The number of fused-ring (bicyclic) bond motifs is 1. The molecule has 2 aromatic heterocycles. The van der Waals surface area contributed by atoms with Crippen LogP contribution < -0.4 is 4.74 Å². The van der Waals surface area contributed by atoms with Gasteiger partial charge in [0.1, 0.15) is 10.9 Å². The van der Waals surface area contributed by atoms with Gasteiger partial charge in [-0.05, 0) is 13.0 Å². The molecule has 0 radical (unpaired) electrons. The molecule has 0 aromatic carbocycles. The maximum absolute atomic E-state index is 12.3. The highest BCUT2D eigenvalue weighted by Crippen LogP contribution is 2.31. The molecule has 0 aliphatic heterocycles. The zero-order valence-corrected chi connectivity index (χ0v) is 12.3. The van der Waals surface area contributed by atoms with Crippen molar-refractivity contribution in [3.63, 3.8) is 0 Å². The van der Waals surface area contributed by atoms with Gasteiger partial charge in [0.25, 0.3) is 0 Å². The fourth-order valence-electron chi connectivity index (χ4n) is 1.82. The zero-order valence-electron chi connectivity index (χ0n) is 11.6. The molecule has 0 saturated heterocycles. The molecule has 0 spiro atoms. The molecule has 4 nitrogen and oxygen atoms in total. The van der Waals surface area contributed by atoms with Gasteiger partial charge in [-0.25, -0.2) is 9.97 Å². The Morgan fingerprint density at radius 3 is 2.64 bits per heavy atom. The van der Waals surface area contributed by atoms with Gasteiger partial charge in [0.15, 0.2) is 6.61 Å². The van der Waals surface area contributed by atoms with Crippen molar-refractivity contribution in [2.24, 2.45) is 0 Å². The van der Waals surface area contributed by atoms with Crippen LogP contribution in [-0.4, -0.2) is 29.4 Å². The average molecular weight is 333 g/mol. The van der Waals surface area contributed by atoms with Crippen molar-refractivity contribution < 1.29 is 22.6 Å². The first kappa shape index (κ1) is 16.4. The van der Waals surface area contributed by atoms with E-state index in [4.69, 9.17) is 21.1 Å². The summed E-state index contributed by atoms with van der Waals surface area (Å²) in [6.45, 7) is 4.50. The van der Waals surface area contributed by atoms with Crippen LogP contribution in [0.5, 0.6) is 5.88 Å². The van der Waals surface area contributed by atoms with Crippen molar-refractivity contribution in [3.05, 3.63) is 35.8 Å². The van der Waals surface area contributed by atoms with Gasteiger partial charge >= 0.3 is 6.18 Å². The van der Waals surface area contributed by atoms with E-state index >= 15 is 0 Å². The monoisotopic (exact) mass is 332 g/mol. The van der Waals surface area contributed by atoms with Gasteiger partial charge < -0.3 is 9.47 Å². The Morgan fingerprint density at radius 1 is 1.27 bits per heavy atom. The van der Waals surface area contributed by atoms with Crippen molar-refractivity contribution in [1.82, 2.24) is 9.97 Å². The standard InChI is InChI=1S/C14H12ClF3N2O2/c1-3-21-8(2)10-5-20-13(22-7-14(16,17)18)11-6-19-12(15)4-9(10)11/h4-6H,2-3,7H2,1H3. The van der Waals surface area contributed by atoms with Gasteiger partial charge in [-0.15, -0.1) is 0 Å². The van der Waals surface area contributed by atoms with Crippen LogP contribution in [0.4, 0.5) is 13.2 Å². The molecule has 0 aliphatic rings. The molecule has 0 amide bonds. The van der Waals surface area contributed by atoms with Gasteiger partial charge in [0, 0.05) is 23.3 Å². The Labute approximate surface area is 129 Å². The first-order chi connectivity index (χ1) is 10.3. The second-order valence-electron chi connectivity index (χ2n) is 4.29. The summed E-state index contributed by atoms with van der Waals surface area (Å²) in [5, 5.41) is 0.989. The van der Waals surface area contributed by atoms with E-state index in [1.165, 1.54) is 18.5 Å². The van der Waals surface area contributed by atoms with Crippen LogP contribution in [0.3, 0.4) is 0 Å². The molecule has 2 heterocycles. The summed E-state index contributed by atoms with van der Waals surface area (Å²) in [6.07, 6.45) is -1.82. The number of ether oxygens (including phenoxy) is 2. The van der Waals surface area contributed by atoms with Crippen LogP contribution in [0.25, 0.3) is 16.5 Å². The minimum atomic E-state index is -4.46. The molecule has 0 aliphatic carbocycles. The molecule has 8 heteroatoms. The molecule has 2 rings (SSSR count). The van der Waals surface area contributed by atoms with Crippen LogP contribution in [-0.2, 0) is 4.74 Å². The van der Waals surface area contributed by atoms with Crippen molar-refractivity contribution in [2.75, 3.05) is 13.2 Å². The number of rotatable bonds is 5. The SMILES string of the molecule is C=C(OCC)c1cnc(OCC(F)(F)F)c2cnc(Cl)cc12. The molecule has 0 saturated carbocycles. The molecule has 0 bridgehead atoms. The maximum atomic E-state index is 12.3. The van der Waals surface area contributed by atoms with E-state index in [2.05, 4.69) is 16.5 Å². The highest BCUT2D eigenvalue weighted by molar-refractivity contribution is 6.30. The lowest BCUT2D eigenvalue weighted by Gasteiger charge is -2.14. The summed E-state index contributed by atoms with van der Waals surface area (Å²) in [7, 11) is 0. The van der Waals surface area contributed by atoms with Crippen molar-refractivity contribution in [3.8, 4) is 5.88 Å². The Hall–Kier alpha value is -2.02. The number of halogens is 4. The fourth-order valence-corrected chi connectivity index (χ4v) is 1.98. The normalized spacial score (nSPS) is 11.5. The number of aromatic nitrogens is 2. The van der Waals surface area contributed by atoms with Crippen LogP contribution >= 0.6 is 11.6 Å². The van der Waals surface area contributed by atoms with Crippen LogP contribution in [0.1, 0.15) is 12.5 Å². The maximum Gasteiger partial charge on any atom is 0.422 e. The zero-order chi connectivity index (χ0) is 16.3. The second-order valence-corrected chi connectivity index (χ2v) is 4.68. The van der Waals surface area contributed by atoms with Gasteiger partial charge in [0.2, 0.25) is 5.88 Å². The Bertz CT molecular complexity index is 704. The number of nitrogens with zero attached hydrogens (tertiary/aromatic N) is 2. The van der Waals surface area contributed by atoms with Gasteiger partial charge in [-0.2, -0.15) is 13.2 Å². The van der Waals surface area contributed by atoms with E-state index in [-0.39, 0.29) is 11.0 Å². The third-order valence-electron chi connectivity index (χ3n) is 2.69. The number of hydrogen-bond acceptors (Lipinski definition) is 4. The smallest absolute Gasteiger partial charge is 0.422 e. The Kier molecular flexibility index (Phi) is 4.75. The summed E-state index contributed by atoms with van der Waals surface area (Å²) in [5.74, 6) is 0.161. The molecule has 0 N–H and O–H groups in total. The molecular weight excluding hydrogens is 321 g/mol. The molecule has 0 unspecified atom stereocenters. The number of alkyl halides is 3. The number of pyridine rings is 2. The van der Waals surface area contributed by atoms with E-state index in [0.717, 1.165) is 0 Å². The van der Waals surface area contributed by atoms with E-state index in [1.807, 2.05) is 0 Å². The summed E-state index contributed by atoms with van der Waals surface area (Å²) in [4.78, 5) is 7.75. The third kappa shape index (κ3) is 3.79. The van der Waals surface area contributed by atoms with Crippen LogP contribution in [0.15, 0.2) is 25.0 Å². The van der Waals surface area contributed by atoms with Crippen LogP contribution in [0.2, 0.25) is 5.15 Å². The molecular formula is C14H12ClF3N2O2. The lowest BCUT2D eigenvalue weighted by Crippen LogP contribution is -2.19. The molecule has 2 aromatic rings. The first-order valence-electron chi connectivity index (χ1n) is 6.27. The van der Waals surface area contributed by atoms with Gasteiger partial charge in [0.05, 0.1) is 12.0 Å². The molecule has 22 heavy (non-hydrogen) atoms. The third-order valence-corrected chi connectivity index (χ3v) is 2.90. The van der Waals surface area contributed by atoms with Crippen LogP contribution in [0, 0.1) is 0 Å². The Morgan fingerprint density at radius 2 is 2.00 bits per heavy atom. The summed E-state index contributed by atoms with van der Waals surface area (Å²) < 4.78 is 46.9. The largest absolute Gasteiger partial charge is 0.494 e. The summed E-state index contributed by atoms with van der Waals surface area (Å²) >= 11 is 5.85. The first-order valence-corrected chi connectivity index (χ1v) is 6.65. The topological polar surface area (TPSA) is 44.2 Å². The molecule has 0 atom stereocenters. The Balaban J connectivity index is 2.49. The van der Waals surface area contributed by atoms with Gasteiger partial charge in [-0.1, -0.05) is 18.2 Å². The van der Waals surface area contributed by atoms with E-state index < -0.39 is 12.8 Å². The fraction of sp³-hybridized carbons (Fsp3) is 0.286. The summed E-state index contributed by atoms with van der Waals surface area (Å²) in [5.41, 5.74) is 0.514. The predicted octanol–water partition coefficient (Wildman–Crippen LogP) is 4.23. The minimum absolute atomic E-state index is 0.176. The second kappa shape index (κ2) is 6.39. The molecule has 0 fully saturated rings. The highest BCUT2D eigenvalue weighted by atomic mass is 35.5.